The van der Waals surface area contributed by atoms with Gasteiger partial charge in [0.05, 0.1) is 0 Å². The SMILES string of the molecule is O=C(O)c1cc(C(=O)O)n(CC(F)F)n1. The fraction of sp³-hybridized carbons (Fsp3) is 0.286. The maximum atomic E-state index is 12.0. The summed E-state index contributed by atoms with van der Waals surface area (Å²) in [5.41, 5.74) is -1.15. The highest BCUT2D eigenvalue weighted by Gasteiger charge is 2.19. The van der Waals surface area contributed by atoms with Crippen molar-refractivity contribution in [2.45, 2.75) is 13.0 Å². The van der Waals surface area contributed by atoms with Gasteiger partial charge in [-0.15, -0.1) is 0 Å². The summed E-state index contributed by atoms with van der Waals surface area (Å²) in [7, 11) is 0. The van der Waals surface area contributed by atoms with Crippen LogP contribution in [0.5, 0.6) is 0 Å². The lowest BCUT2D eigenvalue weighted by Crippen LogP contribution is -2.14. The molecular weight excluding hydrogens is 214 g/mol. The predicted molar refractivity (Wildman–Crippen MR) is 42.1 cm³/mol. The number of aromatic carboxylic acids is 2. The number of carboxylic acids is 2. The molecule has 0 bridgehead atoms. The van der Waals surface area contributed by atoms with Crippen molar-refractivity contribution in [1.82, 2.24) is 9.78 Å². The first-order valence-electron chi connectivity index (χ1n) is 3.74. The van der Waals surface area contributed by atoms with Crippen molar-refractivity contribution in [2.75, 3.05) is 0 Å². The second kappa shape index (κ2) is 4.03. The standard InChI is InChI=1S/C7H6F2N2O4/c8-5(9)2-11-4(7(14)15)1-3(10-11)6(12)13/h1,5H,2H2,(H,12,13)(H,14,15). The highest BCUT2D eigenvalue weighted by atomic mass is 19.3. The topological polar surface area (TPSA) is 92.4 Å². The van der Waals surface area contributed by atoms with E-state index in [-0.39, 0.29) is 0 Å². The van der Waals surface area contributed by atoms with Crippen LogP contribution in [-0.4, -0.2) is 38.4 Å². The van der Waals surface area contributed by atoms with E-state index in [0.717, 1.165) is 6.07 Å². The Balaban J connectivity index is 3.11. The Hall–Kier alpha value is -1.99. The molecule has 0 unspecified atom stereocenters. The quantitative estimate of drug-likeness (QED) is 0.772. The van der Waals surface area contributed by atoms with Gasteiger partial charge in [-0.3, -0.25) is 4.68 Å². The summed E-state index contributed by atoms with van der Waals surface area (Å²) in [6, 6.07) is 0.729. The Kier molecular flexibility index (Phi) is 2.98. The van der Waals surface area contributed by atoms with Crippen LogP contribution in [-0.2, 0) is 6.54 Å². The Labute approximate surface area is 81.7 Å². The van der Waals surface area contributed by atoms with Gasteiger partial charge in [0.15, 0.2) is 5.69 Å². The van der Waals surface area contributed by atoms with E-state index in [1.54, 1.807) is 0 Å². The molecule has 0 atom stereocenters. The van der Waals surface area contributed by atoms with E-state index in [4.69, 9.17) is 10.2 Å². The molecule has 0 aliphatic carbocycles. The summed E-state index contributed by atoms with van der Waals surface area (Å²) in [5.74, 6) is -2.97. The molecule has 1 aromatic heterocycles. The van der Waals surface area contributed by atoms with Crippen LogP contribution in [0, 0.1) is 0 Å². The molecule has 0 fully saturated rings. The fourth-order valence-electron chi connectivity index (χ4n) is 0.963. The number of carboxylic acid groups (broad SMARTS) is 2. The van der Waals surface area contributed by atoms with E-state index >= 15 is 0 Å². The van der Waals surface area contributed by atoms with Crippen molar-refractivity contribution >= 4 is 11.9 Å². The van der Waals surface area contributed by atoms with Crippen molar-refractivity contribution < 1.29 is 28.6 Å². The Morgan fingerprint density at radius 1 is 1.40 bits per heavy atom. The number of hydrogen-bond donors (Lipinski definition) is 2. The molecule has 0 aliphatic rings. The van der Waals surface area contributed by atoms with Crippen LogP contribution in [0.2, 0.25) is 0 Å². The third-order valence-corrected chi connectivity index (χ3v) is 1.53. The fourth-order valence-corrected chi connectivity index (χ4v) is 0.963. The van der Waals surface area contributed by atoms with Crippen LogP contribution in [0.3, 0.4) is 0 Å². The third-order valence-electron chi connectivity index (χ3n) is 1.53. The maximum absolute atomic E-state index is 12.0. The Bertz CT molecular complexity index is 402. The number of alkyl halides is 2. The van der Waals surface area contributed by atoms with Crippen LogP contribution in [0.1, 0.15) is 21.0 Å². The van der Waals surface area contributed by atoms with Gasteiger partial charge >= 0.3 is 11.9 Å². The molecule has 0 aliphatic heterocycles. The minimum atomic E-state index is -2.80. The van der Waals surface area contributed by atoms with Gasteiger partial charge < -0.3 is 10.2 Å². The van der Waals surface area contributed by atoms with Crippen LogP contribution >= 0.6 is 0 Å². The number of nitrogens with zero attached hydrogens (tertiary/aromatic N) is 2. The number of aromatic nitrogens is 2. The monoisotopic (exact) mass is 220 g/mol. The predicted octanol–water partition coefficient (Wildman–Crippen LogP) is 0.545. The average Bonchev–Trinajstić information content (AvgIpc) is 2.46. The number of hydrogen-bond acceptors (Lipinski definition) is 3. The van der Waals surface area contributed by atoms with Crippen molar-refractivity contribution in [3.05, 3.63) is 17.5 Å². The molecule has 0 saturated carbocycles. The first-order chi connectivity index (χ1) is 6.91. The summed E-state index contributed by atoms with van der Waals surface area (Å²) >= 11 is 0. The van der Waals surface area contributed by atoms with E-state index < -0.39 is 36.3 Å². The molecule has 1 rings (SSSR count). The van der Waals surface area contributed by atoms with Crippen LogP contribution in [0.4, 0.5) is 8.78 Å². The molecule has 0 aromatic carbocycles. The van der Waals surface area contributed by atoms with Gasteiger partial charge in [-0.05, 0) is 0 Å². The average molecular weight is 220 g/mol. The first kappa shape index (κ1) is 11.1. The van der Waals surface area contributed by atoms with Gasteiger partial charge in [0.25, 0.3) is 6.43 Å². The Morgan fingerprint density at radius 2 is 2.00 bits per heavy atom. The largest absolute Gasteiger partial charge is 0.477 e. The summed E-state index contributed by atoms with van der Waals surface area (Å²) in [4.78, 5) is 21.0. The summed E-state index contributed by atoms with van der Waals surface area (Å²) in [6.07, 6.45) is -2.80. The zero-order valence-corrected chi connectivity index (χ0v) is 7.22. The third kappa shape index (κ3) is 2.48. The minimum absolute atomic E-state index is 0.455. The zero-order chi connectivity index (χ0) is 11.6. The van der Waals surface area contributed by atoms with E-state index in [9.17, 15) is 18.4 Å². The molecule has 0 radical (unpaired) electrons. The minimum Gasteiger partial charge on any atom is -0.477 e. The van der Waals surface area contributed by atoms with Gasteiger partial charge in [0.1, 0.15) is 12.2 Å². The zero-order valence-electron chi connectivity index (χ0n) is 7.22. The van der Waals surface area contributed by atoms with Gasteiger partial charge in [-0.1, -0.05) is 0 Å². The lowest BCUT2D eigenvalue weighted by Gasteiger charge is -2.01. The van der Waals surface area contributed by atoms with Crippen molar-refractivity contribution in [1.29, 1.82) is 0 Å². The summed E-state index contributed by atoms with van der Waals surface area (Å²) in [6.45, 7) is -0.949. The molecule has 2 N–H and O–H groups in total. The number of carbonyl (C=O) groups is 2. The maximum Gasteiger partial charge on any atom is 0.356 e. The summed E-state index contributed by atoms with van der Waals surface area (Å²) in [5, 5.41) is 20.3. The van der Waals surface area contributed by atoms with Crippen LogP contribution in [0.15, 0.2) is 6.07 Å². The van der Waals surface area contributed by atoms with Crippen molar-refractivity contribution in [2.24, 2.45) is 0 Å². The molecule has 1 heterocycles. The molecule has 0 spiro atoms. The molecule has 6 nitrogen and oxygen atoms in total. The Morgan fingerprint density at radius 3 is 2.40 bits per heavy atom. The van der Waals surface area contributed by atoms with E-state index in [1.807, 2.05) is 0 Å². The lowest BCUT2D eigenvalue weighted by atomic mass is 10.3. The molecule has 0 amide bonds. The van der Waals surface area contributed by atoms with E-state index in [0.29, 0.717) is 4.68 Å². The highest BCUT2D eigenvalue weighted by Crippen LogP contribution is 2.07. The molecular formula is C7H6F2N2O4. The van der Waals surface area contributed by atoms with Crippen molar-refractivity contribution in [3.63, 3.8) is 0 Å². The smallest absolute Gasteiger partial charge is 0.356 e. The van der Waals surface area contributed by atoms with Gasteiger partial charge in [0.2, 0.25) is 0 Å². The second-order valence-electron chi connectivity index (χ2n) is 2.60. The molecule has 82 valence electrons. The first-order valence-corrected chi connectivity index (χ1v) is 3.74. The van der Waals surface area contributed by atoms with Gasteiger partial charge in [-0.2, -0.15) is 5.10 Å². The molecule has 15 heavy (non-hydrogen) atoms. The molecule has 0 saturated heterocycles. The highest BCUT2D eigenvalue weighted by molar-refractivity contribution is 5.91. The van der Waals surface area contributed by atoms with E-state index in [1.165, 1.54) is 0 Å². The number of halogens is 2. The van der Waals surface area contributed by atoms with Crippen LogP contribution in [0.25, 0.3) is 0 Å². The normalized spacial score (nSPS) is 10.6. The van der Waals surface area contributed by atoms with E-state index in [2.05, 4.69) is 5.10 Å². The van der Waals surface area contributed by atoms with Crippen molar-refractivity contribution in [3.8, 4) is 0 Å². The lowest BCUT2D eigenvalue weighted by molar-refractivity contribution is 0.0661. The summed E-state index contributed by atoms with van der Waals surface area (Å²) < 4.78 is 24.4. The number of rotatable bonds is 4. The van der Waals surface area contributed by atoms with Crippen LogP contribution < -0.4 is 0 Å². The van der Waals surface area contributed by atoms with Gasteiger partial charge in [0, 0.05) is 6.07 Å². The molecule has 1 aromatic rings. The van der Waals surface area contributed by atoms with Gasteiger partial charge in [-0.25, -0.2) is 18.4 Å². The second-order valence-corrected chi connectivity index (χ2v) is 2.60. The molecule has 8 heteroatoms.